The summed E-state index contributed by atoms with van der Waals surface area (Å²) in [5, 5.41) is 9.19. The molecule has 0 saturated carbocycles. The first-order chi connectivity index (χ1) is 13.6. The largest absolute Gasteiger partial charge is 0.481 e. The summed E-state index contributed by atoms with van der Waals surface area (Å²) in [7, 11) is 0. The maximum Gasteiger partial charge on any atom is 0.410 e. The number of likely N-dealkylation sites (tertiary alicyclic amines) is 2. The van der Waals surface area contributed by atoms with E-state index < -0.39 is 5.97 Å². The zero-order valence-electron chi connectivity index (χ0n) is 16.6. The normalized spacial score (nSPS) is 21.4. The molecule has 0 spiro atoms. The minimum absolute atomic E-state index is 0.195. The van der Waals surface area contributed by atoms with Crippen molar-refractivity contribution in [1.29, 1.82) is 0 Å². The molecule has 6 nitrogen and oxygen atoms in total. The molecule has 0 aliphatic carbocycles. The Bertz CT molecular complexity index is 629. The van der Waals surface area contributed by atoms with Crippen molar-refractivity contribution in [3.05, 3.63) is 35.9 Å². The molecule has 2 aliphatic heterocycles. The van der Waals surface area contributed by atoms with Crippen LogP contribution in [0.25, 0.3) is 0 Å². The van der Waals surface area contributed by atoms with Crippen LogP contribution in [-0.4, -0.2) is 59.7 Å². The summed E-state index contributed by atoms with van der Waals surface area (Å²) in [6, 6.07) is 9.76. The lowest BCUT2D eigenvalue weighted by Gasteiger charge is -2.33. The van der Waals surface area contributed by atoms with Gasteiger partial charge in [-0.05, 0) is 63.1 Å². The Morgan fingerprint density at radius 1 is 1.07 bits per heavy atom. The van der Waals surface area contributed by atoms with E-state index >= 15 is 0 Å². The number of hydrogen-bond donors (Lipinski definition) is 1. The zero-order valence-corrected chi connectivity index (χ0v) is 16.6. The van der Waals surface area contributed by atoms with Crippen LogP contribution < -0.4 is 0 Å². The summed E-state index contributed by atoms with van der Waals surface area (Å²) in [5.74, 6) is -0.201. The Morgan fingerprint density at radius 3 is 2.54 bits per heavy atom. The van der Waals surface area contributed by atoms with Gasteiger partial charge in [-0.3, -0.25) is 4.79 Å². The predicted molar refractivity (Wildman–Crippen MR) is 107 cm³/mol. The van der Waals surface area contributed by atoms with Gasteiger partial charge in [0.1, 0.15) is 6.61 Å². The first kappa shape index (κ1) is 20.6. The minimum atomic E-state index is -0.656. The fourth-order valence-corrected chi connectivity index (χ4v) is 4.28. The number of carboxylic acid groups (broad SMARTS) is 1. The van der Waals surface area contributed by atoms with Crippen molar-refractivity contribution in [2.45, 2.75) is 45.1 Å². The van der Waals surface area contributed by atoms with E-state index in [4.69, 9.17) is 4.74 Å². The van der Waals surface area contributed by atoms with Crippen LogP contribution >= 0.6 is 0 Å². The van der Waals surface area contributed by atoms with Gasteiger partial charge < -0.3 is 19.6 Å². The van der Waals surface area contributed by atoms with E-state index in [9.17, 15) is 14.7 Å². The summed E-state index contributed by atoms with van der Waals surface area (Å²) in [6.07, 6.45) is 5.90. The number of nitrogens with zero attached hydrogens (tertiary/aromatic N) is 2. The molecule has 1 aromatic rings. The number of piperidine rings is 2. The number of amides is 1. The number of carbonyl (C=O) groups is 2. The number of ether oxygens (including phenoxy) is 1. The van der Waals surface area contributed by atoms with Gasteiger partial charge in [0.15, 0.2) is 0 Å². The highest BCUT2D eigenvalue weighted by Gasteiger charge is 2.26. The van der Waals surface area contributed by atoms with Gasteiger partial charge in [-0.25, -0.2) is 4.79 Å². The van der Waals surface area contributed by atoms with Gasteiger partial charge in [-0.1, -0.05) is 30.3 Å². The Hall–Kier alpha value is -2.08. The fraction of sp³-hybridized carbons (Fsp3) is 0.636. The molecule has 1 N–H and O–H groups in total. The first-order valence-corrected chi connectivity index (χ1v) is 10.5. The molecule has 154 valence electrons. The van der Waals surface area contributed by atoms with Crippen LogP contribution in [-0.2, 0) is 16.1 Å². The van der Waals surface area contributed by atoms with Crippen molar-refractivity contribution in [2.24, 2.45) is 11.8 Å². The number of carboxylic acids is 1. The summed E-state index contributed by atoms with van der Waals surface area (Å²) in [6.45, 7) is 4.57. The number of aliphatic carboxylic acids is 1. The van der Waals surface area contributed by atoms with Crippen LogP contribution in [0.3, 0.4) is 0 Å². The van der Waals surface area contributed by atoms with Crippen LogP contribution in [0.4, 0.5) is 4.79 Å². The molecule has 0 bridgehead atoms. The molecular formula is C22H32N2O4. The molecule has 1 amide bonds. The van der Waals surface area contributed by atoms with Gasteiger partial charge >= 0.3 is 12.1 Å². The molecular weight excluding hydrogens is 356 g/mol. The average molecular weight is 389 g/mol. The number of benzene rings is 1. The minimum Gasteiger partial charge on any atom is -0.481 e. The zero-order chi connectivity index (χ0) is 19.8. The van der Waals surface area contributed by atoms with Gasteiger partial charge in [-0.2, -0.15) is 0 Å². The molecule has 3 rings (SSSR count). The third-order valence-electron chi connectivity index (χ3n) is 6.02. The second-order valence-electron chi connectivity index (χ2n) is 8.09. The Kier molecular flexibility index (Phi) is 7.71. The topological polar surface area (TPSA) is 70.1 Å². The third kappa shape index (κ3) is 6.23. The SMILES string of the molecule is O=C(O)[C@@H]1CCCN(CCCC2CCN(C(=O)OCc3ccccc3)CC2)C1. The smallest absolute Gasteiger partial charge is 0.410 e. The van der Waals surface area contributed by atoms with E-state index in [1.54, 1.807) is 0 Å². The van der Waals surface area contributed by atoms with Crippen molar-refractivity contribution in [1.82, 2.24) is 9.80 Å². The lowest BCUT2D eigenvalue weighted by molar-refractivity contribution is -0.143. The van der Waals surface area contributed by atoms with E-state index in [-0.39, 0.29) is 12.0 Å². The van der Waals surface area contributed by atoms with Crippen LogP contribution in [0.5, 0.6) is 0 Å². The number of carbonyl (C=O) groups excluding carboxylic acids is 1. The first-order valence-electron chi connectivity index (χ1n) is 10.5. The van der Waals surface area contributed by atoms with E-state index in [0.717, 1.165) is 70.3 Å². The van der Waals surface area contributed by atoms with Crippen molar-refractivity contribution < 1.29 is 19.4 Å². The van der Waals surface area contributed by atoms with E-state index in [1.165, 1.54) is 0 Å². The third-order valence-corrected chi connectivity index (χ3v) is 6.02. The van der Waals surface area contributed by atoms with E-state index in [2.05, 4.69) is 4.90 Å². The fourth-order valence-electron chi connectivity index (χ4n) is 4.28. The molecule has 0 radical (unpaired) electrons. The Morgan fingerprint density at radius 2 is 1.82 bits per heavy atom. The molecule has 2 heterocycles. The standard InChI is InChI=1S/C22H32N2O4/c25-21(26)20-9-5-13-23(16-20)12-4-8-18-10-14-24(15-11-18)22(27)28-17-19-6-2-1-3-7-19/h1-3,6-7,18,20H,4-5,8-17H2,(H,25,26)/t20-/m1/s1. The summed E-state index contributed by atoms with van der Waals surface area (Å²) < 4.78 is 5.42. The predicted octanol–water partition coefficient (Wildman–Crippen LogP) is 3.61. The van der Waals surface area contributed by atoms with Gasteiger partial charge in [-0.15, -0.1) is 0 Å². The molecule has 2 saturated heterocycles. The monoisotopic (exact) mass is 388 g/mol. The molecule has 1 aromatic carbocycles. The average Bonchev–Trinajstić information content (AvgIpc) is 2.73. The Balaban J connectivity index is 1.30. The second-order valence-corrected chi connectivity index (χ2v) is 8.09. The molecule has 2 fully saturated rings. The quantitative estimate of drug-likeness (QED) is 0.773. The number of rotatable bonds is 7. The number of hydrogen-bond acceptors (Lipinski definition) is 4. The van der Waals surface area contributed by atoms with Crippen LogP contribution in [0.15, 0.2) is 30.3 Å². The van der Waals surface area contributed by atoms with E-state index in [1.807, 2.05) is 35.2 Å². The molecule has 0 unspecified atom stereocenters. The van der Waals surface area contributed by atoms with Crippen molar-refractivity contribution >= 4 is 12.1 Å². The highest BCUT2D eigenvalue weighted by atomic mass is 16.6. The molecule has 6 heteroatoms. The van der Waals surface area contributed by atoms with Crippen molar-refractivity contribution in [3.63, 3.8) is 0 Å². The maximum absolute atomic E-state index is 12.2. The van der Waals surface area contributed by atoms with Crippen molar-refractivity contribution in [2.75, 3.05) is 32.7 Å². The summed E-state index contributed by atoms with van der Waals surface area (Å²) >= 11 is 0. The lowest BCUT2D eigenvalue weighted by Crippen LogP contribution is -2.40. The van der Waals surface area contributed by atoms with E-state index in [0.29, 0.717) is 19.1 Å². The second kappa shape index (κ2) is 10.5. The highest BCUT2D eigenvalue weighted by molar-refractivity contribution is 5.70. The Labute approximate surface area is 167 Å². The highest BCUT2D eigenvalue weighted by Crippen LogP contribution is 2.24. The van der Waals surface area contributed by atoms with Crippen LogP contribution in [0.2, 0.25) is 0 Å². The van der Waals surface area contributed by atoms with Crippen LogP contribution in [0, 0.1) is 11.8 Å². The maximum atomic E-state index is 12.2. The molecule has 0 aromatic heterocycles. The molecule has 2 aliphatic rings. The van der Waals surface area contributed by atoms with Crippen molar-refractivity contribution in [3.8, 4) is 0 Å². The molecule has 1 atom stereocenters. The van der Waals surface area contributed by atoms with Gasteiger partial charge in [0.25, 0.3) is 0 Å². The van der Waals surface area contributed by atoms with Gasteiger partial charge in [0.05, 0.1) is 5.92 Å². The lowest BCUT2D eigenvalue weighted by atomic mass is 9.92. The molecule has 28 heavy (non-hydrogen) atoms. The van der Waals surface area contributed by atoms with Gasteiger partial charge in [0.2, 0.25) is 0 Å². The van der Waals surface area contributed by atoms with Crippen LogP contribution in [0.1, 0.15) is 44.1 Å². The summed E-state index contributed by atoms with van der Waals surface area (Å²) in [5.41, 5.74) is 1.01. The summed E-state index contributed by atoms with van der Waals surface area (Å²) in [4.78, 5) is 27.5. The van der Waals surface area contributed by atoms with Gasteiger partial charge in [0, 0.05) is 19.6 Å².